The highest BCUT2D eigenvalue weighted by atomic mass is 35.5. The van der Waals surface area contributed by atoms with Crippen molar-refractivity contribution in [2.75, 3.05) is 5.32 Å². The van der Waals surface area contributed by atoms with Crippen molar-refractivity contribution in [1.82, 2.24) is 0 Å². The van der Waals surface area contributed by atoms with Crippen LogP contribution in [0, 0.1) is 5.21 Å². The van der Waals surface area contributed by atoms with Gasteiger partial charge < -0.3 is 10.5 Å². The van der Waals surface area contributed by atoms with Gasteiger partial charge in [-0.3, -0.25) is 4.79 Å². The van der Waals surface area contributed by atoms with Gasteiger partial charge in [0, 0.05) is 28.4 Å². The second kappa shape index (κ2) is 5.81. The van der Waals surface area contributed by atoms with E-state index >= 15 is 0 Å². The van der Waals surface area contributed by atoms with Crippen molar-refractivity contribution < 1.29 is 15.2 Å². The minimum atomic E-state index is -1.07. The van der Waals surface area contributed by atoms with Crippen molar-refractivity contribution in [2.24, 2.45) is 0 Å². The van der Waals surface area contributed by atoms with Crippen LogP contribution in [0.2, 0.25) is 5.02 Å². The fraction of sp³-hybridized carbons (Fsp3) is 0. The molecule has 0 aromatic heterocycles. The Hall–Kier alpha value is -1.92. The number of amides is 1. The molecule has 0 saturated heterocycles. The third-order valence-electron chi connectivity index (χ3n) is 2.47. The lowest BCUT2D eigenvalue weighted by atomic mass is 10.2. The first kappa shape index (κ1) is 13.5. The van der Waals surface area contributed by atoms with Crippen molar-refractivity contribution >= 4 is 28.9 Å². The summed E-state index contributed by atoms with van der Waals surface area (Å²) in [5.41, 5.74) is 0.953. The summed E-state index contributed by atoms with van der Waals surface area (Å²) in [7, 11) is 0. The smallest absolute Gasteiger partial charge is 0.255 e. The van der Waals surface area contributed by atoms with Crippen molar-refractivity contribution in [3.8, 4) is 0 Å². The number of hydrogen-bond donors (Lipinski definition) is 3. The largest absolute Gasteiger partial charge is 0.595 e. The summed E-state index contributed by atoms with van der Waals surface area (Å²) in [6, 6.07) is 12.5. The van der Waals surface area contributed by atoms with Crippen LogP contribution in [0.5, 0.6) is 0 Å². The van der Waals surface area contributed by atoms with Gasteiger partial charge in [0.05, 0.1) is 0 Å². The summed E-state index contributed by atoms with van der Waals surface area (Å²) in [6.45, 7) is 0. The SMILES string of the molecule is O=C(Nc1ccc(Cl)cc1)c1cccc([NH+]([O-])O)c1. The van der Waals surface area contributed by atoms with Crippen LogP contribution in [0.15, 0.2) is 48.5 Å². The van der Waals surface area contributed by atoms with E-state index in [1.54, 1.807) is 30.3 Å². The lowest BCUT2D eigenvalue weighted by Gasteiger charge is -2.12. The first-order valence-electron chi connectivity index (χ1n) is 5.46. The number of hydrogen-bond acceptors (Lipinski definition) is 3. The third kappa shape index (κ3) is 3.52. The van der Waals surface area contributed by atoms with Gasteiger partial charge in [0.2, 0.25) is 0 Å². The topological polar surface area (TPSA) is 76.8 Å². The van der Waals surface area contributed by atoms with Crippen LogP contribution in [-0.4, -0.2) is 11.1 Å². The number of quaternary nitrogens is 1. The molecule has 2 aromatic rings. The third-order valence-corrected chi connectivity index (χ3v) is 2.73. The number of nitrogens with one attached hydrogen (secondary N) is 2. The summed E-state index contributed by atoms with van der Waals surface area (Å²) < 4.78 is 0. The van der Waals surface area contributed by atoms with Crippen LogP contribution >= 0.6 is 11.6 Å². The van der Waals surface area contributed by atoms with Gasteiger partial charge in [0.15, 0.2) is 5.69 Å². The van der Waals surface area contributed by atoms with Gasteiger partial charge in [-0.2, -0.15) is 5.23 Å². The lowest BCUT2D eigenvalue weighted by Crippen LogP contribution is -2.99. The maximum absolute atomic E-state index is 11.9. The monoisotopic (exact) mass is 278 g/mol. The molecule has 2 aromatic carbocycles. The Morgan fingerprint density at radius 1 is 1.21 bits per heavy atom. The summed E-state index contributed by atoms with van der Waals surface area (Å²) in [5, 5.41) is 21.9. The fourth-order valence-electron chi connectivity index (χ4n) is 1.53. The molecule has 1 atom stereocenters. The number of benzene rings is 2. The van der Waals surface area contributed by atoms with Crippen LogP contribution in [-0.2, 0) is 0 Å². The normalized spacial score (nSPS) is 11.9. The number of carbonyl (C=O) groups is 1. The van der Waals surface area contributed by atoms with Gasteiger partial charge in [-0.05, 0) is 30.3 Å². The summed E-state index contributed by atoms with van der Waals surface area (Å²) in [5.74, 6) is -0.370. The molecule has 0 heterocycles. The molecule has 0 spiro atoms. The molecule has 19 heavy (non-hydrogen) atoms. The van der Waals surface area contributed by atoms with Gasteiger partial charge >= 0.3 is 0 Å². The van der Waals surface area contributed by atoms with Crippen molar-refractivity contribution in [3.05, 3.63) is 64.3 Å². The van der Waals surface area contributed by atoms with Gasteiger partial charge in [-0.15, -0.1) is 0 Å². The zero-order valence-electron chi connectivity index (χ0n) is 9.76. The first-order chi connectivity index (χ1) is 9.06. The van der Waals surface area contributed by atoms with E-state index in [1.165, 1.54) is 18.2 Å². The minimum Gasteiger partial charge on any atom is -0.595 e. The van der Waals surface area contributed by atoms with E-state index in [0.29, 0.717) is 10.7 Å². The van der Waals surface area contributed by atoms with Crippen molar-refractivity contribution in [1.29, 1.82) is 0 Å². The molecule has 0 bridgehead atoms. The van der Waals surface area contributed by atoms with E-state index < -0.39 is 5.23 Å². The van der Waals surface area contributed by atoms with E-state index in [4.69, 9.17) is 16.8 Å². The molecule has 1 amide bonds. The second-order valence-corrected chi connectivity index (χ2v) is 4.28. The molecule has 0 aliphatic rings. The molecule has 5 nitrogen and oxygen atoms in total. The fourth-order valence-corrected chi connectivity index (χ4v) is 1.66. The zero-order chi connectivity index (χ0) is 13.8. The van der Waals surface area contributed by atoms with E-state index in [0.717, 1.165) is 0 Å². The maximum Gasteiger partial charge on any atom is 0.255 e. The van der Waals surface area contributed by atoms with Crippen LogP contribution in [0.4, 0.5) is 11.4 Å². The molecule has 0 fully saturated rings. The highest BCUT2D eigenvalue weighted by Gasteiger charge is 2.09. The van der Waals surface area contributed by atoms with Crippen LogP contribution in [0.1, 0.15) is 10.4 Å². The molecule has 0 radical (unpaired) electrons. The quantitative estimate of drug-likeness (QED) is 0.752. The Kier molecular flexibility index (Phi) is 4.13. The average molecular weight is 279 g/mol. The number of rotatable bonds is 3. The van der Waals surface area contributed by atoms with E-state index in [9.17, 15) is 10.0 Å². The highest BCUT2D eigenvalue weighted by Crippen LogP contribution is 2.15. The molecule has 0 aliphatic heterocycles. The average Bonchev–Trinajstić information content (AvgIpc) is 2.41. The molecule has 2 rings (SSSR count). The second-order valence-electron chi connectivity index (χ2n) is 3.85. The molecule has 6 heteroatoms. The molecular weight excluding hydrogens is 268 g/mol. The van der Waals surface area contributed by atoms with Crippen LogP contribution in [0.25, 0.3) is 0 Å². The lowest BCUT2D eigenvalue weighted by molar-refractivity contribution is -0.991. The van der Waals surface area contributed by atoms with Gasteiger partial charge in [0.25, 0.3) is 5.91 Å². The summed E-state index contributed by atoms with van der Waals surface area (Å²) in [4.78, 5) is 11.9. The Balaban J connectivity index is 2.15. The summed E-state index contributed by atoms with van der Waals surface area (Å²) >= 11 is 5.74. The Labute approximate surface area is 114 Å². The first-order valence-corrected chi connectivity index (χ1v) is 5.84. The zero-order valence-corrected chi connectivity index (χ0v) is 10.5. The number of halogens is 1. The molecule has 3 N–H and O–H groups in total. The highest BCUT2D eigenvalue weighted by molar-refractivity contribution is 6.30. The Morgan fingerprint density at radius 3 is 2.53 bits per heavy atom. The van der Waals surface area contributed by atoms with Gasteiger partial charge in [-0.25, -0.2) is 5.21 Å². The number of carbonyl (C=O) groups excluding carboxylic acids is 1. The van der Waals surface area contributed by atoms with Crippen LogP contribution < -0.4 is 10.5 Å². The Morgan fingerprint density at radius 2 is 1.89 bits per heavy atom. The summed E-state index contributed by atoms with van der Waals surface area (Å²) in [6.07, 6.45) is 0. The Bertz CT molecular complexity index is 585. The minimum absolute atomic E-state index is 0.0729. The van der Waals surface area contributed by atoms with E-state index in [-0.39, 0.29) is 17.2 Å². The molecule has 0 saturated carbocycles. The van der Waals surface area contributed by atoms with E-state index in [1.807, 2.05) is 0 Å². The predicted octanol–water partition coefficient (Wildman–Crippen LogP) is 2.00. The molecular formula is C13H11ClN2O3. The standard InChI is InChI=1S/C13H11ClN2O3/c14-10-4-6-11(7-5-10)15-13(17)9-2-1-3-12(8-9)16(18)19/h1-8,16,18H,(H,15,17). The van der Waals surface area contributed by atoms with E-state index in [2.05, 4.69) is 5.32 Å². The van der Waals surface area contributed by atoms with Crippen molar-refractivity contribution in [3.63, 3.8) is 0 Å². The maximum atomic E-state index is 11.9. The van der Waals surface area contributed by atoms with Crippen LogP contribution in [0.3, 0.4) is 0 Å². The predicted molar refractivity (Wildman–Crippen MR) is 71.6 cm³/mol. The van der Waals surface area contributed by atoms with Gasteiger partial charge in [0.1, 0.15) is 0 Å². The molecule has 98 valence electrons. The van der Waals surface area contributed by atoms with Gasteiger partial charge in [-0.1, -0.05) is 17.7 Å². The number of anilines is 1. The molecule has 1 unspecified atom stereocenters. The van der Waals surface area contributed by atoms with Crippen molar-refractivity contribution in [2.45, 2.75) is 0 Å². The molecule has 0 aliphatic carbocycles.